The third-order valence-electron chi connectivity index (χ3n) is 3.30. The second-order valence-electron chi connectivity index (χ2n) is 5.08. The highest BCUT2D eigenvalue weighted by molar-refractivity contribution is 9.10. The van der Waals surface area contributed by atoms with Crippen LogP contribution in [0.1, 0.15) is 30.9 Å². The highest BCUT2D eigenvalue weighted by atomic mass is 79.9. The second kappa shape index (κ2) is 8.49. The SMILES string of the molecule is C/C(=N\NC(=O)CCCc1ccccc1)c1cccc(Br)c1. The third-order valence-corrected chi connectivity index (χ3v) is 3.80. The lowest BCUT2D eigenvalue weighted by atomic mass is 10.1. The molecule has 0 radical (unpaired) electrons. The molecule has 114 valence electrons. The van der Waals surface area contributed by atoms with Crippen LogP contribution in [0.3, 0.4) is 0 Å². The Balaban J connectivity index is 1.78. The summed E-state index contributed by atoms with van der Waals surface area (Å²) in [6.45, 7) is 1.88. The zero-order valence-electron chi connectivity index (χ0n) is 12.6. The summed E-state index contributed by atoms with van der Waals surface area (Å²) >= 11 is 3.42. The van der Waals surface area contributed by atoms with Crippen LogP contribution in [-0.2, 0) is 11.2 Å². The van der Waals surface area contributed by atoms with Crippen molar-refractivity contribution in [3.05, 3.63) is 70.2 Å². The summed E-state index contributed by atoms with van der Waals surface area (Å²) in [7, 11) is 0. The number of carbonyl (C=O) groups is 1. The number of benzene rings is 2. The summed E-state index contributed by atoms with van der Waals surface area (Å²) < 4.78 is 0.994. The summed E-state index contributed by atoms with van der Waals surface area (Å²) in [6, 6.07) is 18.0. The predicted molar refractivity (Wildman–Crippen MR) is 93.9 cm³/mol. The molecule has 0 fully saturated rings. The molecule has 0 bridgehead atoms. The number of hydrogen-bond donors (Lipinski definition) is 1. The molecule has 3 nitrogen and oxygen atoms in total. The number of rotatable bonds is 6. The van der Waals surface area contributed by atoms with E-state index in [1.165, 1.54) is 5.56 Å². The molecular weight excluding hydrogens is 340 g/mol. The topological polar surface area (TPSA) is 41.5 Å². The van der Waals surface area contributed by atoms with E-state index in [1.54, 1.807) is 0 Å². The van der Waals surface area contributed by atoms with Crippen LogP contribution in [-0.4, -0.2) is 11.6 Å². The van der Waals surface area contributed by atoms with Crippen LogP contribution in [0.5, 0.6) is 0 Å². The van der Waals surface area contributed by atoms with E-state index in [0.29, 0.717) is 6.42 Å². The van der Waals surface area contributed by atoms with Crippen molar-refractivity contribution in [1.29, 1.82) is 0 Å². The van der Waals surface area contributed by atoms with Crippen LogP contribution < -0.4 is 5.43 Å². The van der Waals surface area contributed by atoms with Gasteiger partial charge in [-0.3, -0.25) is 4.79 Å². The van der Waals surface area contributed by atoms with E-state index in [9.17, 15) is 4.79 Å². The maximum absolute atomic E-state index is 11.8. The Labute approximate surface area is 139 Å². The molecule has 0 aromatic heterocycles. The van der Waals surface area contributed by atoms with Gasteiger partial charge < -0.3 is 0 Å². The van der Waals surface area contributed by atoms with E-state index in [-0.39, 0.29) is 5.91 Å². The van der Waals surface area contributed by atoms with E-state index in [2.05, 4.69) is 38.6 Å². The molecule has 0 heterocycles. The second-order valence-corrected chi connectivity index (χ2v) is 6.00. The Morgan fingerprint density at radius 1 is 1.14 bits per heavy atom. The van der Waals surface area contributed by atoms with Gasteiger partial charge in [-0.15, -0.1) is 0 Å². The normalized spacial score (nSPS) is 11.3. The van der Waals surface area contributed by atoms with Crippen LogP contribution in [0.15, 0.2) is 64.2 Å². The molecule has 4 heteroatoms. The first kappa shape index (κ1) is 16.4. The molecule has 0 aliphatic heterocycles. The van der Waals surface area contributed by atoms with E-state index in [0.717, 1.165) is 28.6 Å². The van der Waals surface area contributed by atoms with Gasteiger partial charge in [0.05, 0.1) is 5.71 Å². The zero-order valence-corrected chi connectivity index (χ0v) is 14.1. The van der Waals surface area contributed by atoms with Crippen molar-refractivity contribution in [2.45, 2.75) is 26.2 Å². The monoisotopic (exact) mass is 358 g/mol. The number of aryl methyl sites for hydroxylation is 1. The summed E-state index contributed by atoms with van der Waals surface area (Å²) in [6.07, 6.45) is 2.20. The number of amides is 1. The maximum atomic E-state index is 11.8. The van der Waals surface area contributed by atoms with Gasteiger partial charge >= 0.3 is 0 Å². The van der Waals surface area contributed by atoms with Crippen LogP contribution in [0.2, 0.25) is 0 Å². The zero-order chi connectivity index (χ0) is 15.8. The summed E-state index contributed by atoms with van der Waals surface area (Å²) in [4.78, 5) is 11.8. The first-order valence-corrected chi connectivity index (χ1v) is 8.07. The molecule has 1 amide bonds. The molecule has 1 N–H and O–H groups in total. The van der Waals surface area contributed by atoms with Crippen molar-refractivity contribution in [3.8, 4) is 0 Å². The maximum Gasteiger partial charge on any atom is 0.240 e. The quantitative estimate of drug-likeness (QED) is 0.606. The molecule has 22 heavy (non-hydrogen) atoms. The minimum atomic E-state index is -0.0507. The van der Waals surface area contributed by atoms with E-state index >= 15 is 0 Å². The average Bonchev–Trinajstić information content (AvgIpc) is 2.53. The van der Waals surface area contributed by atoms with Crippen LogP contribution in [0.25, 0.3) is 0 Å². The van der Waals surface area contributed by atoms with Crippen molar-refractivity contribution in [3.63, 3.8) is 0 Å². The van der Waals surface area contributed by atoms with Gasteiger partial charge in [0.2, 0.25) is 5.91 Å². The van der Waals surface area contributed by atoms with Gasteiger partial charge in [-0.05, 0) is 43.0 Å². The average molecular weight is 359 g/mol. The number of nitrogens with one attached hydrogen (secondary N) is 1. The van der Waals surface area contributed by atoms with Gasteiger partial charge in [-0.25, -0.2) is 5.43 Å². The van der Waals surface area contributed by atoms with Crippen LogP contribution in [0.4, 0.5) is 0 Å². The number of hydrogen-bond acceptors (Lipinski definition) is 2. The van der Waals surface area contributed by atoms with Gasteiger partial charge in [-0.2, -0.15) is 5.10 Å². The number of carbonyl (C=O) groups excluding carboxylic acids is 1. The van der Waals surface area contributed by atoms with Crippen molar-refractivity contribution in [2.75, 3.05) is 0 Å². The van der Waals surface area contributed by atoms with Gasteiger partial charge in [0, 0.05) is 10.9 Å². The lowest BCUT2D eigenvalue weighted by Crippen LogP contribution is -2.19. The molecule has 0 aliphatic rings. The van der Waals surface area contributed by atoms with Gasteiger partial charge in [0.15, 0.2) is 0 Å². The Kier molecular flexibility index (Phi) is 6.34. The largest absolute Gasteiger partial charge is 0.273 e. The molecule has 0 aliphatic carbocycles. The highest BCUT2D eigenvalue weighted by Gasteiger charge is 2.02. The molecule has 2 aromatic carbocycles. The minimum Gasteiger partial charge on any atom is -0.273 e. The minimum absolute atomic E-state index is 0.0507. The van der Waals surface area contributed by atoms with Crippen LogP contribution >= 0.6 is 15.9 Å². The Hall–Kier alpha value is -1.94. The summed E-state index contributed by atoms with van der Waals surface area (Å²) in [5.74, 6) is -0.0507. The predicted octanol–water partition coefficient (Wildman–Crippen LogP) is 4.31. The Morgan fingerprint density at radius 2 is 1.91 bits per heavy atom. The molecule has 0 spiro atoms. The smallest absolute Gasteiger partial charge is 0.240 e. The first-order chi connectivity index (χ1) is 10.6. The van der Waals surface area contributed by atoms with Gasteiger partial charge in [-0.1, -0.05) is 58.4 Å². The lowest BCUT2D eigenvalue weighted by Gasteiger charge is -2.04. The fourth-order valence-electron chi connectivity index (χ4n) is 2.08. The van der Waals surface area contributed by atoms with E-state index in [4.69, 9.17) is 0 Å². The van der Waals surface area contributed by atoms with Crippen molar-refractivity contribution in [1.82, 2.24) is 5.43 Å². The van der Waals surface area contributed by atoms with E-state index in [1.807, 2.05) is 49.4 Å². The summed E-state index contributed by atoms with van der Waals surface area (Å²) in [5, 5.41) is 4.16. The molecule has 0 saturated carbocycles. The molecule has 2 aromatic rings. The van der Waals surface area contributed by atoms with Gasteiger partial charge in [0.25, 0.3) is 0 Å². The number of halogens is 1. The lowest BCUT2D eigenvalue weighted by molar-refractivity contribution is -0.121. The molecular formula is C18H19BrN2O. The van der Waals surface area contributed by atoms with E-state index < -0.39 is 0 Å². The number of nitrogens with zero attached hydrogens (tertiary/aromatic N) is 1. The van der Waals surface area contributed by atoms with Gasteiger partial charge in [0.1, 0.15) is 0 Å². The first-order valence-electron chi connectivity index (χ1n) is 7.28. The third kappa shape index (κ3) is 5.45. The van der Waals surface area contributed by atoms with Crippen molar-refractivity contribution >= 4 is 27.5 Å². The molecule has 0 atom stereocenters. The molecule has 0 unspecified atom stereocenters. The summed E-state index contributed by atoms with van der Waals surface area (Å²) in [5.41, 5.74) is 5.65. The van der Waals surface area contributed by atoms with Crippen molar-refractivity contribution < 1.29 is 4.79 Å². The number of hydrazone groups is 1. The molecule has 2 rings (SSSR count). The molecule has 0 saturated heterocycles. The standard InChI is InChI=1S/C18H19BrN2O/c1-14(16-10-6-11-17(19)13-16)20-21-18(22)12-5-9-15-7-3-2-4-8-15/h2-4,6-8,10-11,13H,5,9,12H2,1H3,(H,21,22)/b20-14+. The Bertz CT molecular complexity index is 653. The fourth-order valence-corrected chi connectivity index (χ4v) is 2.48. The van der Waals surface area contributed by atoms with Crippen molar-refractivity contribution in [2.24, 2.45) is 5.10 Å². The van der Waals surface area contributed by atoms with Crippen LogP contribution in [0, 0.1) is 0 Å². The highest BCUT2D eigenvalue weighted by Crippen LogP contribution is 2.12. The fraction of sp³-hybridized carbons (Fsp3) is 0.222. The Morgan fingerprint density at radius 3 is 2.64 bits per heavy atom.